The number of imide groups is 1. The number of aryl methyl sites for hydroxylation is 1. The zero-order valence-corrected chi connectivity index (χ0v) is 17.3. The Morgan fingerprint density at radius 3 is 2.24 bits per heavy atom. The van der Waals surface area contributed by atoms with Gasteiger partial charge in [0.2, 0.25) is 5.91 Å². The maximum atomic E-state index is 12.6. The number of hydrogen-bond acceptors (Lipinski definition) is 4. The predicted molar refractivity (Wildman–Crippen MR) is 115 cm³/mol. The number of anilines is 2. The van der Waals surface area contributed by atoms with Crippen LogP contribution in [-0.4, -0.2) is 17.7 Å². The van der Waals surface area contributed by atoms with Crippen LogP contribution < -0.4 is 10.2 Å². The van der Waals surface area contributed by atoms with Gasteiger partial charge in [0, 0.05) is 17.0 Å². The number of amides is 3. The van der Waals surface area contributed by atoms with Gasteiger partial charge in [0.25, 0.3) is 11.8 Å². The van der Waals surface area contributed by atoms with Gasteiger partial charge in [0.15, 0.2) is 0 Å². The summed E-state index contributed by atoms with van der Waals surface area (Å²) in [5.74, 6) is -1.00. The molecular weight excluding hydrogens is 431 g/mol. The largest absolute Gasteiger partial charge is 0.326 e. The van der Waals surface area contributed by atoms with Crippen molar-refractivity contribution in [1.29, 1.82) is 0 Å². The van der Waals surface area contributed by atoms with Crippen LogP contribution in [0.15, 0.2) is 54.6 Å². The first-order valence-corrected chi connectivity index (χ1v) is 10.3. The van der Waals surface area contributed by atoms with Crippen LogP contribution in [0.25, 0.3) is 0 Å². The van der Waals surface area contributed by atoms with E-state index in [1.807, 2.05) is 6.07 Å². The van der Waals surface area contributed by atoms with E-state index < -0.39 is 11.8 Å². The van der Waals surface area contributed by atoms with Crippen molar-refractivity contribution >= 4 is 63.6 Å². The van der Waals surface area contributed by atoms with Crippen LogP contribution in [0.5, 0.6) is 0 Å². The number of halogens is 2. The summed E-state index contributed by atoms with van der Waals surface area (Å²) >= 11 is 13.7. The number of benzene rings is 2. The number of hydrogen-bond donors (Lipinski definition) is 1. The van der Waals surface area contributed by atoms with E-state index in [1.165, 1.54) is 17.4 Å². The fourth-order valence-corrected chi connectivity index (χ4v) is 4.47. The van der Waals surface area contributed by atoms with Crippen molar-refractivity contribution in [3.8, 4) is 0 Å². The summed E-state index contributed by atoms with van der Waals surface area (Å²) in [6.45, 7) is 0. The van der Waals surface area contributed by atoms with Gasteiger partial charge in [-0.25, -0.2) is 4.90 Å². The Morgan fingerprint density at radius 1 is 0.966 bits per heavy atom. The molecule has 0 aliphatic carbocycles. The van der Waals surface area contributed by atoms with E-state index >= 15 is 0 Å². The zero-order chi connectivity index (χ0) is 20.5. The van der Waals surface area contributed by atoms with Gasteiger partial charge in [-0.05, 0) is 48.9 Å². The van der Waals surface area contributed by atoms with Crippen LogP contribution in [0, 0.1) is 0 Å². The molecule has 5 nitrogen and oxygen atoms in total. The number of fused-ring (bicyclic) bond motifs is 1. The van der Waals surface area contributed by atoms with Crippen LogP contribution in [0.2, 0.25) is 9.36 Å². The molecule has 1 aliphatic rings. The first-order chi connectivity index (χ1) is 13.9. The van der Waals surface area contributed by atoms with Gasteiger partial charge in [0.05, 0.1) is 26.2 Å². The highest BCUT2D eigenvalue weighted by molar-refractivity contribution is 7.16. The summed E-state index contributed by atoms with van der Waals surface area (Å²) in [7, 11) is 0. The van der Waals surface area contributed by atoms with Crippen LogP contribution in [0.1, 0.15) is 32.0 Å². The SMILES string of the molecule is O=C(CCc1ccc(Cl)s1)Nc1ccc(N2C(=O)c3ccccc3C2=O)c(Cl)c1. The van der Waals surface area contributed by atoms with E-state index in [2.05, 4.69) is 5.32 Å². The molecule has 0 saturated heterocycles. The van der Waals surface area contributed by atoms with Gasteiger partial charge in [-0.3, -0.25) is 14.4 Å². The third-order valence-electron chi connectivity index (χ3n) is 4.49. The molecule has 0 fully saturated rings. The summed E-state index contributed by atoms with van der Waals surface area (Å²) in [6, 6.07) is 15.0. The number of carbonyl (C=O) groups excluding carboxylic acids is 3. The van der Waals surface area contributed by atoms with Crippen molar-refractivity contribution in [2.45, 2.75) is 12.8 Å². The lowest BCUT2D eigenvalue weighted by atomic mass is 10.1. The second-order valence-corrected chi connectivity index (χ2v) is 8.62. The molecule has 0 atom stereocenters. The van der Waals surface area contributed by atoms with Gasteiger partial charge < -0.3 is 5.32 Å². The summed E-state index contributed by atoms with van der Waals surface area (Å²) in [6.07, 6.45) is 0.888. The summed E-state index contributed by atoms with van der Waals surface area (Å²) < 4.78 is 0.691. The Bertz CT molecular complexity index is 1110. The lowest BCUT2D eigenvalue weighted by Crippen LogP contribution is -2.29. The molecule has 0 radical (unpaired) electrons. The van der Waals surface area contributed by atoms with Crippen molar-refractivity contribution in [3.05, 3.63) is 80.0 Å². The highest BCUT2D eigenvalue weighted by Crippen LogP contribution is 2.34. The molecular formula is C21H14Cl2N2O3S. The maximum absolute atomic E-state index is 12.6. The minimum Gasteiger partial charge on any atom is -0.326 e. The Balaban J connectivity index is 1.46. The molecule has 146 valence electrons. The molecule has 3 aromatic rings. The second kappa shape index (κ2) is 7.99. The van der Waals surface area contributed by atoms with Crippen molar-refractivity contribution in [1.82, 2.24) is 0 Å². The van der Waals surface area contributed by atoms with Crippen molar-refractivity contribution in [2.75, 3.05) is 10.2 Å². The monoisotopic (exact) mass is 444 g/mol. The van der Waals surface area contributed by atoms with Crippen LogP contribution in [0.3, 0.4) is 0 Å². The first-order valence-electron chi connectivity index (χ1n) is 8.75. The van der Waals surface area contributed by atoms with E-state index in [-0.39, 0.29) is 16.6 Å². The maximum Gasteiger partial charge on any atom is 0.266 e. The van der Waals surface area contributed by atoms with Gasteiger partial charge in [-0.2, -0.15) is 0 Å². The molecule has 0 bridgehead atoms. The summed E-state index contributed by atoms with van der Waals surface area (Å²) in [4.78, 5) is 39.5. The van der Waals surface area contributed by atoms with Crippen LogP contribution in [0.4, 0.5) is 11.4 Å². The predicted octanol–water partition coefficient (Wildman–Crippen LogP) is 5.43. The van der Waals surface area contributed by atoms with Gasteiger partial charge >= 0.3 is 0 Å². The molecule has 8 heteroatoms. The molecule has 2 aromatic carbocycles. The molecule has 4 rings (SSSR count). The minimum atomic E-state index is -0.418. The van der Waals surface area contributed by atoms with E-state index in [9.17, 15) is 14.4 Å². The Morgan fingerprint density at radius 2 is 1.66 bits per heavy atom. The zero-order valence-electron chi connectivity index (χ0n) is 14.9. The lowest BCUT2D eigenvalue weighted by molar-refractivity contribution is -0.116. The normalized spacial score (nSPS) is 13.0. The molecule has 0 unspecified atom stereocenters. The molecule has 2 heterocycles. The average molecular weight is 445 g/mol. The van der Waals surface area contributed by atoms with Gasteiger partial charge in [-0.1, -0.05) is 35.3 Å². The fraction of sp³-hybridized carbons (Fsp3) is 0.0952. The average Bonchev–Trinajstić information content (AvgIpc) is 3.23. The fourth-order valence-electron chi connectivity index (χ4n) is 3.12. The number of thiophene rings is 1. The molecule has 1 aliphatic heterocycles. The van der Waals surface area contributed by atoms with Crippen LogP contribution >= 0.6 is 34.5 Å². The molecule has 0 saturated carbocycles. The summed E-state index contributed by atoms with van der Waals surface area (Å²) in [5, 5.41) is 2.97. The molecule has 29 heavy (non-hydrogen) atoms. The molecule has 1 N–H and O–H groups in total. The number of nitrogens with one attached hydrogen (secondary N) is 1. The third-order valence-corrected chi connectivity index (χ3v) is 6.09. The topological polar surface area (TPSA) is 66.5 Å². The lowest BCUT2D eigenvalue weighted by Gasteiger charge is -2.16. The van der Waals surface area contributed by atoms with Crippen LogP contribution in [-0.2, 0) is 11.2 Å². The number of carbonyl (C=O) groups is 3. The number of rotatable bonds is 5. The Kier molecular flexibility index (Phi) is 5.41. The van der Waals surface area contributed by atoms with Gasteiger partial charge in [-0.15, -0.1) is 11.3 Å². The van der Waals surface area contributed by atoms with E-state index in [0.717, 1.165) is 9.78 Å². The van der Waals surface area contributed by atoms with Crippen molar-refractivity contribution in [3.63, 3.8) is 0 Å². The Labute approximate surface area is 180 Å². The summed E-state index contributed by atoms with van der Waals surface area (Å²) in [5.41, 5.74) is 1.47. The standard InChI is InChI=1S/C21H14Cl2N2O3S/c22-16-11-12(24-19(26)10-7-13-6-9-18(23)29-13)5-8-17(16)25-20(27)14-3-1-2-4-15(14)21(25)28/h1-6,8-9,11H,7,10H2,(H,24,26). The first kappa shape index (κ1) is 19.6. The van der Waals surface area contributed by atoms with Crippen molar-refractivity contribution in [2.24, 2.45) is 0 Å². The van der Waals surface area contributed by atoms with E-state index in [1.54, 1.807) is 42.5 Å². The molecule has 0 spiro atoms. The van der Waals surface area contributed by atoms with Crippen molar-refractivity contribution < 1.29 is 14.4 Å². The highest BCUT2D eigenvalue weighted by Gasteiger charge is 2.37. The van der Waals surface area contributed by atoms with Gasteiger partial charge in [0.1, 0.15) is 0 Å². The molecule has 1 aromatic heterocycles. The second-order valence-electron chi connectivity index (χ2n) is 6.41. The highest BCUT2D eigenvalue weighted by atomic mass is 35.5. The third kappa shape index (κ3) is 3.92. The Hall–Kier alpha value is -2.67. The number of nitrogens with zero attached hydrogens (tertiary/aromatic N) is 1. The quantitative estimate of drug-likeness (QED) is 0.533. The van der Waals surface area contributed by atoms with E-state index in [0.29, 0.717) is 34.0 Å². The smallest absolute Gasteiger partial charge is 0.266 e. The minimum absolute atomic E-state index is 0.168. The van der Waals surface area contributed by atoms with E-state index in [4.69, 9.17) is 23.2 Å². The molecule has 3 amide bonds.